The van der Waals surface area contributed by atoms with Gasteiger partial charge in [-0.15, -0.1) is 0 Å². The first-order chi connectivity index (χ1) is 9.79. The van der Waals surface area contributed by atoms with Crippen molar-refractivity contribution in [3.8, 4) is 0 Å². The summed E-state index contributed by atoms with van der Waals surface area (Å²) in [7, 11) is 0. The van der Waals surface area contributed by atoms with Crippen molar-refractivity contribution in [1.29, 1.82) is 0 Å². The molecule has 1 aromatic carbocycles. The molecule has 118 valence electrons. The van der Waals surface area contributed by atoms with Gasteiger partial charge in [-0.3, -0.25) is 4.90 Å². The maximum absolute atomic E-state index is 6.47. The average molecular weight is 288 g/mol. The molecule has 2 heteroatoms. The zero-order chi connectivity index (χ0) is 15.6. The van der Waals surface area contributed by atoms with E-state index in [0.29, 0.717) is 12.1 Å². The molecule has 1 aliphatic heterocycles. The number of nitrogens with two attached hydrogens (primary N) is 1. The van der Waals surface area contributed by atoms with Crippen LogP contribution in [0.2, 0.25) is 0 Å². The van der Waals surface area contributed by atoms with Crippen LogP contribution >= 0.6 is 0 Å². The minimum atomic E-state index is 0.113. The summed E-state index contributed by atoms with van der Waals surface area (Å²) >= 11 is 0. The van der Waals surface area contributed by atoms with Crippen molar-refractivity contribution in [3.05, 3.63) is 35.4 Å². The smallest absolute Gasteiger partial charge is 0.0424 e. The second-order valence-corrected chi connectivity index (χ2v) is 7.80. The van der Waals surface area contributed by atoms with Crippen molar-refractivity contribution in [3.63, 3.8) is 0 Å². The fraction of sp³-hybridized carbons (Fsp3) is 0.684. The molecule has 0 amide bonds. The highest BCUT2D eigenvalue weighted by Crippen LogP contribution is 2.26. The number of likely N-dealkylation sites (tertiary alicyclic amines) is 1. The van der Waals surface area contributed by atoms with Crippen LogP contribution < -0.4 is 5.73 Å². The molecule has 1 saturated heterocycles. The summed E-state index contributed by atoms with van der Waals surface area (Å²) < 4.78 is 0. The van der Waals surface area contributed by atoms with Gasteiger partial charge in [-0.25, -0.2) is 0 Å². The second kappa shape index (κ2) is 6.50. The highest BCUT2D eigenvalue weighted by molar-refractivity contribution is 5.29. The normalized spacial score (nSPS) is 25.8. The van der Waals surface area contributed by atoms with Gasteiger partial charge < -0.3 is 5.73 Å². The Kier molecular flexibility index (Phi) is 5.11. The largest absolute Gasteiger partial charge is 0.323 e. The van der Waals surface area contributed by atoms with Crippen LogP contribution in [0.4, 0.5) is 0 Å². The van der Waals surface area contributed by atoms with Crippen LogP contribution in [0.15, 0.2) is 24.3 Å². The van der Waals surface area contributed by atoms with Gasteiger partial charge in [0.15, 0.2) is 0 Å². The lowest BCUT2D eigenvalue weighted by Crippen LogP contribution is -2.46. The zero-order valence-electron chi connectivity index (χ0n) is 14.4. The fourth-order valence-corrected chi connectivity index (χ4v) is 3.40. The standard InChI is InChI=1S/C19H32N2/c1-14-7-6-8-15(2)21(14)13-18(20)16-9-11-17(12-10-16)19(3,4)5/h9-12,14-15,18H,6-8,13,20H2,1-5H3/t14-,15+,18?. The summed E-state index contributed by atoms with van der Waals surface area (Å²) in [4.78, 5) is 2.59. The molecule has 3 atom stereocenters. The average Bonchev–Trinajstić information content (AvgIpc) is 2.42. The number of piperidine rings is 1. The van der Waals surface area contributed by atoms with E-state index in [-0.39, 0.29) is 11.5 Å². The van der Waals surface area contributed by atoms with E-state index in [1.54, 1.807) is 0 Å². The fourth-order valence-electron chi connectivity index (χ4n) is 3.40. The first kappa shape index (κ1) is 16.5. The van der Waals surface area contributed by atoms with E-state index in [1.165, 1.54) is 30.4 Å². The van der Waals surface area contributed by atoms with E-state index in [2.05, 4.69) is 63.8 Å². The third-order valence-corrected chi connectivity index (χ3v) is 4.99. The zero-order valence-corrected chi connectivity index (χ0v) is 14.4. The lowest BCUT2D eigenvalue weighted by Gasteiger charge is -2.40. The quantitative estimate of drug-likeness (QED) is 0.901. The molecule has 2 rings (SSSR count). The van der Waals surface area contributed by atoms with Crippen LogP contribution in [0, 0.1) is 0 Å². The van der Waals surface area contributed by atoms with Gasteiger partial charge in [-0.1, -0.05) is 51.5 Å². The van der Waals surface area contributed by atoms with Gasteiger partial charge >= 0.3 is 0 Å². The Balaban J connectivity index is 2.04. The Morgan fingerprint density at radius 2 is 1.62 bits per heavy atom. The molecule has 0 aromatic heterocycles. The molecule has 2 nitrogen and oxygen atoms in total. The van der Waals surface area contributed by atoms with Crippen LogP contribution in [-0.2, 0) is 5.41 Å². The molecule has 1 aliphatic rings. The summed E-state index contributed by atoms with van der Waals surface area (Å²) in [5.41, 5.74) is 9.31. The molecule has 21 heavy (non-hydrogen) atoms. The van der Waals surface area contributed by atoms with Gasteiger partial charge in [0.1, 0.15) is 0 Å². The first-order valence-corrected chi connectivity index (χ1v) is 8.41. The number of benzene rings is 1. The summed E-state index contributed by atoms with van der Waals surface area (Å²) in [5.74, 6) is 0. The van der Waals surface area contributed by atoms with Crippen molar-refractivity contribution in [1.82, 2.24) is 4.90 Å². The van der Waals surface area contributed by atoms with Gasteiger partial charge in [0.25, 0.3) is 0 Å². The monoisotopic (exact) mass is 288 g/mol. The van der Waals surface area contributed by atoms with Crippen molar-refractivity contribution < 1.29 is 0 Å². The number of nitrogens with zero attached hydrogens (tertiary/aromatic N) is 1. The summed E-state index contributed by atoms with van der Waals surface area (Å²) in [6.45, 7) is 12.4. The molecule has 0 spiro atoms. The van der Waals surface area contributed by atoms with Crippen molar-refractivity contribution in [2.45, 2.75) is 77.4 Å². The Morgan fingerprint density at radius 1 is 1.10 bits per heavy atom. The van der Waals surface area contributed by atoms with Gasteiger partial charge in [0.05, 0.1) is 0 Å². The molecule has 0 bridgehead atoms. The van der Waals surface area contributed by atoms with Crippen molar-refractivity contribution in [2.75, 3.05) is 6.54 Å². The van der Waals surface area contributed by atoms with Gasteiger partial charge in [0, 0.05) is 24.7 Å². The topological polar surface area (TPSA) is 29.3 Å². The minimum absolute atomic E-state index is 0.113. The number of rotatable bonds is 3. The Morgan fingerprint density at radius 3 is 2.10 bits per heavy atom. The van der Waals surface area contributed by atoms with E-state index in [9.17, 15) is 0 Å². The van der Waals surface area contributed by atoms with Crippen LogP contribution in [0.1, 0.15) is 71.0 Å². The molecule has 1 unspecified atom stereocenters. The first-order valence-electron chi connectivity index (χ1n) is 8.41. The Hall–Kier alpha value is -0.860. The third-order valence-electron chi connectivity index (χ3n) is 4.99. The highest BCUT2D eigenvalue weighted by Gasteiger charge is 2.26. The van der Waals surface area contributed by atoms with Crippen molar-refractivity contribution in [2.24, 2.45) is 5.73 Å². The molecule has 0 aliphatic carbocycles. The van der Waals surface area contributed by atoms with E-state index in [1.807, 2.05) is 0 Å². The third kappa shape index (κ3) is 4.08. The summed E-state index contributed by atoms with van der Waals surface area (Å²) in [6, 6.07) is 10.3. The molecule has 2 N–H and O–H groups in total. The van der Waals surface area contributed by atoms with Crippen LogP contribution in [0.5, 0.6) is 0 Å². The van der Waals surface area contributed by atoms with Crippen LogP contribution in [0.3, 0.4) is 0 Å². The van der Waals surface area contributed by atoms with Gasteiger partial charge in [0.2, 0.25) is 0 Å². The van der Waals surface area contributed by atoms with E-state index >= 15 is 0 Å². The molecule has 1 aromatic rings. The Labute approximate surface area is 130 Å². The lowest BCUT2D eigenvalue weighted by atomic mass is 9.86. The highest BCUT2D eigenvalue weighted by atomic mass is 15.2. The SMILES string of the molecule is C[C@@H]1CCC[C@H](C)N1CC(N)c1ccc(C(C)(C)C)cc1. The number of hydrogen-bond donors (Lipinski definition) is 1. The van der Waals surface area contributed by atoms with Crippen molar-refractivity contribution >= 4 is 0 Å². The molecular formula is C19H32N2. The van der Waals surface area contributed by atoms with E-state index < -0.39 is 0 Å². The van der Waals surface area contributed by atoms with E-state index in [0.717, 1.165) is 6.54 Å². The predicted octanol–water partition coefficient (Wildman–Crippen LogP) is 4.25. The van der Waals surface area contributed by atoms with Gasteiger partial charge in [-0.2, -0.15) is 0 Å². The maximum Gasteiger partial charge on any atom is 0.0424 e. The predicted molar refractivity (Wildman–Crippen MR) is 91.6 cm³/mol. The number of hydrogen-bond acceptors (Lipinski definition) is 2. The molecule has 0 radical (unpaired) electrons. The Bertz CT molecular complexity index is 434. The molecule has 1 heterocycles. The lowest BCUT2D eigenvalue weighted by molar-refractivity contribution is 0.0961. The minimum Gasteiger partial charge on any atom is -0.323 e. The summed E-state index contributed by atoms with van der Waals surface area (Å²) in [5, 5.41) is 0. The molecular weight excluding hydrogens is 256 g/mol. The molecule has 0 saturated carbocycles. The second-order valence-electron chi connectivity index (χ2n) is 7.80. The van der Waals surface area contributed by atoms with E-state index in [4.69, 9.17) is 5.73 Å². The molecule has 1 fully saturated rings. The van der Waals surface area contributed by atoms with Gasteiger partial charge in [-0.05, 0) is 43.2 Å². The summed E-state index contributed by atoms with van der Waals surface area (Å²) in [6.07, 6.45) is 3.97. The van der Waals surface area contributed by atoms with Crippen LogP contribution in [-0.4, -0.2) is 23.5 Å². The van der Waals surface area contributed by atoms with Crippen LogP contribution in [0.25, 0.3) is 0 Å². The maximum atomic E-state index is 6.47.